The molecule has 0 aliphatic rings. The normalized spacial score (nSPS) is 8.77. The topological polar surface area (TPSA) is 241 Å². The SMILES string of the molecule is O=C([O-])/C=C/C(=O)[O-].O=C([O-])/C=C/C(=O)[O-].O=C([O-])/C=C\C(=O)[O-].[Al+3].[Al+3]. The Morgan fingerprint density at radius 1 is 0.346 bits per heavy atom. The van der Waals surface area contributed by atoms with Crippen LogP contribution < -0.4 is 30.6 Å². The van der Waals surface area contributed by atoms with Gasteiger partial charge >= 0.3 is 34.7 Å². The van der Waals surface area contributed by atoms with Crippen molar-refractivity contribution in [3.8, 4) is 0 Å². The van der Waals surface area contributed by atoms with Gasteiger partial charge in [0.15, 0.2) is 0 Å². The Hall–Kier alpha value is -2.90. The molecule has 0 N–H and O–H groups in total. The molecular formula is C12H6Al2O12. The molecule has 0 spiro atoms. The third-order valence-electron chi connectivity index (χ3n) is 1.07. The van der Waals surface area contributed by atoms with E-state index in [-0.39, 0.29) is 34.7 Å². The summed E-state index contributed by atoms with van der Waals surface area (Å²) in [6, 6.07) is 0. The molecule has 0 aromatic carbocycles. The monoisotopic (exact) mass is 396 g/mol. The molecule has 132 valence electrons. The van der Waals surface area contributed by atoms with Crippen molar-refractivity contribution >= 4 is 70.5 Å². The van der Waals surface area contributed by atoms with Gasteiger partial charge in [0, 0.05) is 0 Å². The van der Waals surface area contributed by atoms with Crippen molar-refractivity contribution in [1.29, 1.82) is 0 Å². The molecule has 12 nitrogen and oxygen atoms in total. The molecule has 0 fully saturated rings. The van der Waals surface area contributed by atoms with Crippen LogP contribution in [0, 0.1) is 0 Å². The van der Waals surface area contributed by atoms with Gasteiger partial charge in [-0.2, -0.15) is 0 Å². The number of carbonyl (C=O) groups excluding carboxylic acids is 6. The van der Waals surface area contributed by atoms with Crippen LogP contribution in [0.4, 0.5) is 0 Å². The summed E-state index contributed by atoms with van der Waals surface area (Å²) >= 11 is 0. The van der Waals surface area contributed by atoms with E-state index >= 15 is 0 Å². The fraction of sp³-hybridized carbons (Fsp3) is 0. The van der Waals surface area contributed by atoms with Crippen molar-refractivity contribution in [3.63, 3.8) is 0 Å². The number of aliphatic carboxylic acids is 6. The van der Waals surface area contributed by atoms with Crippen molar-refractivity contribution in [3.05, 3.63) is 36.5 Å². The molecule has 0 aromatic rings. The molecule has 0 heterocycles. The predicted molar refractivity (Wildman–Crippen MR) is 69.0 cm³/mol. The fourth-order valence-electron chi connectivity index (χ4n) is 0.408. The minimum Gasteiger partial charge on any atom is -0.545 e. The zero-order valence-electron chi connectivity index (χ0n) is 12.5. The van der Waals surface area contributed by atoms with Gasteiger partial charge in [0.05, 0.1) is 35.8 Å². The van der Waals surface area contributed by atoms with Crippen LogP contribution in [-0.2, 0) is 28.8 Å². The maximum absolute atomic E-state index is 9.41. The van der Waals surface area contributed by atoms with Crippen molar-refractivity contribution in [2.24, 2.45) is 0 Å². The number of carbonyl (C=O) groups is 6. The van der Waals surface area contributed by atoms with Gasteiger partial charge < -0.3 is 59.4 Å². The van der Waals surface area contributed by atoms with Gasteiger partial charge in [-0.3, -0.25) is 0 Å². The van der Waals surface area contributed by atoms with E-state index in [2.05, 4.69) is 0 Å². The maximum Gasteiger partial charge on any atom is 3.00 e. The summed E-state index contributed by atoms with van der Waals surface area (Å²) < 4.78 is 0. The third kappa shape index (κ3) is 58.2. The Kier molecular flexibility index (Phi) is 29.3. The first-order chi connectivity index (χ1) is 10.9. The minimum atomic E-state index is -1.55. The molecule has 0 saturated heterocycles. The van der Waals surface area contributed by atoms with E-state index in [4.69, 9.17) is 0 Å². The van der Waals surface area contributed by atoms with E-state index in [9.17, 15) is 59.4 Å². The molecule has 0 saturated carbocycles. The Labute approximate surface area is 166 Å². The second-order valence-corrected chi connectivity index (χ2v) is 2.91. The van der Waals surface area contributed by atoms with Gasteiger partial charge in [-0.15, -0.1) is 0 Å². The zero-order chi connectivity index (χ0) is 19.7. The smallest absolute Gasteiger partial charge is 0.545 e. The summed E-state index contributed by atoms with van der Waals surface area (Å²) in [5, 5.41) is 56.5. The molecule has 0 radical (unpaired) electrons. The van der Waals surface area contributed by atoms with Gasteiger partial charge in [-0.25, -0.2) is 0 Å². The van der Waals surface area contributed by atoms with E-state index in [1.165, 1.54) is 0 Å². The first-order valence-corrected chi connectivity index (χ1v) is 5.18. The fourth-order valence-corrected chi connectivity index (χ4v) is 0.408. The van der Waals surface area contributed by atoms with Crippen LogP contribution in [0.3, 0.4) is 0 Å². The van der Waals surface area contributed by atoms with Crippen molar-refractivity contribution in [2.45, 2.75) is 0 Å². The van der Waals surface area contributed by atoms with Crippen LogP contribution >= 0.6 is 0 Å². The van der Waals surface area contributed by atoms with Gasteiger partial charge in [-0.05, 0) is 36.5 Å². The first kappa shape index (κ1) is 34.4. The summed E-state index contributed by atoms with van der Waals surface area (Å²) in [5.41, 5.74) is 0. The molecule has 0 aliphatic heterocycles. The largest absolute Gasteiger partial charge is 3.00 e. The second-order valence-electron chi connectivity index (χ2n) is 2.91. The summed E-state index contributed by atoms with van der Waals surface area (Å²) in [6.45, 7) is 0. The number of carboxylic acid groups (broad SMARTS) is 6. The molecule has 0 aliphatic carbocycles. The quantitative estimate of drug-likeness (QED) is 0.300. The molecule has 0 atom stereocenters. The minimum absolute atomic E-state index is 0. The third-order valence-corrected chi connectivity index (χ3v) is 1.07. The standard InChI is InChI=1S/3C4H4O4.2Al/c3*5-3(6)1-2-4(7)8;;/h3*1-2H,(H,5,6)(H,7,8);;/q;;;2*+3/p-6/b2*2-1+;2-1-;;. The Bertz CT molecular complexity index is 448. The molecule has 26 heavy (non-hydrogen) atoms. The summed E-state index contributed by atoms with van der Waals surface area (Å²) in [4.78, 5) is 56.5. The first-order valence-electron chi connectivity index (χ1n) is 5.18. The van der Waals surface area contributed by atoms with Gasteiger partial charge in [-0.1, -0.05) is 0 Å². The summed E-state index contributed by atoms with van der Waals surface area (Å²) in [7, 11) is 0. The summed E-state index contributed by atoms with van der Waals surface area (Å²) in [6.07, 6.45) is 2.31. The van der Waals surface area contributed by atoms with Crippen LogP contribution in [0.15, 0.2) is 36.5 Å². The van der Waals surface area contributed by atoms with Gasteiger partial charge in [0.2, 0.25) is 0 Å². The number of rotatable bonds is 6. The van der Waals surface area contributed by atoms with E-state index in [0.29, 0.717) is 36.5 Å². The van der Waals surface area contributed by atoms with Crippen molar-refractivity contribution < 1.29 is 59.4 Å². The van der Waals surface area contributed by atoms with Crippen LogP contribution in [0.25, 0.3) is 0 Å². The molecule has 0 amide bonds. The maximum atomic E-state index is 9.41. The zero-order valence-corrected chi connectivity index (χ0v) is 14.8. The molecule has 0 unspecified atom stereocenters. The van der Waals surface area contributed by atoms with E-state index in [1.54, 1.807) is 0 Å². The van der Waals surface area contributed by atoms with Crippen molar-refractivity contribution in [2.75, 3.05) is 0 Å². The molecule has 0 bridgehead atoms. The average Bonchev–Trinajstić information content (AvgIpc) is 2.42. The molecular weight excluding hydrogens is 390 g/mol. The van der Waals surface area contributed by atoms with Crippen molar-refractivity contribution in [1.82, 2.24) is 0 Å². The van der Waals surface area contributed by atoms with Crippen LogP contribution in [0.2, 0.25) is 0 Å². The Morgan fingerprint density at radius 3 is 0.462 bits per heavy atom. The van der Waals surface area contributed by atoms with Gasteiger partial charge in [0.1, 0.15) is 0 Å². The van der Waals surface area contributed by atoms with Crippen LogP contribution in [-0.4, -0.2) is 70.5 Å². The van der Waals surface area contributed by atoms with Gasteiger partial charge in [0.25, 0.3) is 0 Å². The van der Waals surface area contributed by atoms with E-state index < -0.39 is 35.8 Å². The Balaban J connectivity index is -0.0000000817. The molecule has 0 rings (SSSR count). The van der Waals surface area contributed by atoms with E-state index in [0.717, 1.165) is 0 Å². The number of hydrogen-bond donors (Lipinski definition) is 0. The van der Waals surface area contributed by atoms with Crippen LogP contribution in [0.1, 0.15) is 0 Å². The number of hydrogen-bond acceptors (Lipinski definition) is 12. The molecule has 0 aromatic heterocycles. The van der Waals surface area contributed by atoms with Crippen LogP contribution in [0.5, 0.6) is 0 Å². The summed E-state index contributed by atoms with van der Waals surface area (Å²) in [5.74, 6) is -9.28. The number of carboxylic acids is 6. The average molecular weight is 396 g/mol. The van der Waals surface area contributed by atoms with E-state index in [1.807, 2.05) is 0 Å². The predicted octanol–water partition coefficient (Wildman–Crippen LogP) is -9.63. The second kappa shape index (κ2) is 22.1. The molecule has 14 heteroatoms. The Morgan fingerprint density at radius 2 is 0.423 bits per heavy atom.